The Balaban J connectivity index is 2.36. The van der Waals surface area contributed by atoms with Crippen molar-refractivity contribution < 1.29 is 9.15 Å². The Morgan fingerprint density at radius 3 is 2.68 bits per heavy atom. The summed E-state index contributed by atoms with van der Waals surface area (Å²) in [6.45, 7) is 13.0. The zero-order valence-electron chi connectivity index (χ0n) is 13.1. The molecule has 0 saturated heterocycles. The van der Waals surface area contributed by atoms with Gasteiger partial charge in [0.2, 0.25) is 0 Å². The van der Waals surface area contributed by atoms with Crippen LogP contribution in [0.1, 0.15) is 57.6 Å². The van der Waals surface area contributed by atoms with Crippen LogP contribution in [0.3, 0.4) is 0 Å². The molecule has 3 nitrogen and oxygen atoms in total. The highest BCUT2D eigenvalue weighted by atomic mass is 16.5. The third-order valence-electron chi connectivity index (χ3n) is 3.20. The fourth-order valence-electron chi connectivity index (χ4n) is 2.09. The van der Waals surface area contributed by atoms with Crippen molar-refractivity contribution in [2.75, 3.05) is 6.61 Å². The third kappa shape index (κ3) is 6.26. The van der Waals surface area contributed by atoms with Crippen LogP contribution in [0.15, 0.2) is 10.5 Å². The van der Waals surface area contributed by atoms with Crippen LogP contribution >= 0.6 is 0 Å². The van der Waals surface area contributed by atoms with Crippen LogP contribution < -0.4 is 5.32 Å². The average Bonchev–Trinajstić information content (AvgIpc) is 2.67. The van der Waals surface area contributed by atoms with Gasteiger partial charge >= 0.3 is 0 Å². The van der Waals surface area contributed by atoms with Crippen LogP contribution in [0.5, 0.6) is 0 Å². The van der Waals surface area contributed by atoms with E-state index in [1.54, 1.807) is 0 Å². The van der Waals surface area contributed by atoms with Crippen molar-refractivity contribution in [2.24, 2.45) is 5.92 Å². The molecule has 19 heavy (non-hydrogen) atoms. The Hall–Kier alpha value is -0.800. The molecule has 1 atom stereocenters. The first-order valence-corrected chi connectivity index (χ1v) is 7.42. The van der Waals surface area contributed by atoms with E-state index >= 15 is 0 Å². The standard InChI is InChI=1S/C16H29NO2/c1-6-7-13(4)10-18-11-16-8-15(14(5)19-16)9-17-12(2)3/h8,12-13,17H,6-7,9-11H2,1-5H3. The molecule has 1 rings (SSSR count). The van der Waals surface area contributed by atoms with Gasteiger partial charge in [-0.3, -0.25) is 0 Å². The van der Waals surface area contributed by atoms with Gasteiger partial charge in [-0.05, 0) is 25.3 Å². The summed E-state index contributed by atoms with van der Waals surface area (Å²) in [4.78, 5) is 0. The molecule has 0 saturated carbocycles. The van der Waals surface area contributed by atoms with Crippen molar-refractivity contribution >= 4 is 0 Å². The van der Waals surface area contributed by atoms with Crippen LogP contribution in [0.4, 0.5) is 0 Å². The van der Waals surface area contributed by atoms with E-state index in [-0.39, 0.29) is 0 Å². The predicted octanol–water partition coefficient (Wildman–Crippen LogP) is 4.04. The second-order valence-electron chi connectivity index (χ2n) is 5.74. The summed E-state index contributed by atoms with van der Waals surface area (Å²) in [5.74, 6) is 2.55. The second kappa shape index (κ2) is 8.39. The molecule has 3 heteroatoms. The van der Waals surface area contributed by atoms with Crippen LogP contribution in [-0.4, -0.2) is 12.6 Å². The van der Waals surface area contributed by atoms with Crippen molar-refractivity contribution in [2.45, 2.75) is 66.7 Å². The zero-order valence-corrected chi connectivity index (χ0v) is 13.1. The first-order chi connectivity index (χ1) is 9.02. The van der Waals surface area contributed by atoms with E-state index in [9.17, 15) is 0 Å². The topological polar surface area (TPSA) is 34.4 Å². The van der Waals surface area contributed by atoms with E-state index < -0.39 is 0 Å². The minimum atomic E-state index is 0.490. The highest BCUT2D eigenvalue weighted by Gasteiger charge is 2.08. The molecule has 0 spiro atoms. The lowest BCUT2D eigenvalue weighted by Crippen LogP contribution is -2.21. The Bertz CT molecular complexity index is 358. The molecule has 0 aliphatic carbocycles. The molecule has 0 aromatic carbocycles. The number of nitrogens with one attached hydrogen (secondary N) is 1. The Labute approximate surface area is 117 Å². The van der Waals surface area contributed by atoms with Crippen molar-refractivity contribution in [1.82, 2.24) is 5.32 Å². The van der Waals surface area contributed by atoms with Gasteiger partial charge in [0.15, 0.2) is 0 Å². The first kappa shape index (κ1) is 16.3. The summed E-state index contributed by atoms with van der Waals surface area (Å²) >= 11 is 0. The largest absolute Gasteiger partial charge is 0.464 e. The summed E-state index contributed by atoms with van der Waals surface area (Å²) < 4.78 is 11.4. The smallest absolute Gasteiger partial charge is 0.130 e. The SMILES string of the molecule is CCCC(C)COCc1cc(CNC(C)C)c(C)o1. The molecule has 0 bridgehead atoms. The molecule has 1 N–H and O–H groups in total. The molecule has 0 amide bonds. The molecule has 0 fully saturated rings. The number of rotatable bonds is 9. The van der Waals surface area contributed by atoms with E-state index in [4.69, 9.17) is 9.15 Å². The summed E-state index contributed by atoms with van der Waals surface area (Å²) in [6.07, 6.45) is 2.44. The summed E-state index contributed by atoms with van der Waals surface area (Å²) in [5, 5.41) is 3.41. The van der Waals surface area contributed by atoms with Crippen LogP contribution in [0.25, 0.3) is 0 Å². The van der Waals surface area contributed by atoms with E-state index in [2.05, 4.69) is 39.1 Å². The fourth-order valence-corrected chi connectivity index (χ4v) is 2.09. The van der Waals surface area contributed by atoms with Crippen molar-refractivity contribution in [3.05, 3.63) is 23.2 Å². The van der Waals surface area contributed by atoms with Gasteiger partial charge < -0.3 is 14.5 Å². The first-order valence-electron chi connectivity index (χ1n) is 7.42. The summed E-state index contributed by atoms with van der Waals surface area (Å²) in [6, 6.07) is 2.60. The van der Waals surface area contributed by atoms with Crippen LogP contribution in [0.2, 0.25) is 0 Å². The fraction of sp³-hybridized carbons (Fsp3) is 0.750. The highest BCUT2D eigenvalue weighted by molar-refractivity contribution is 5.20. The predicted molar refractivity (Wildman–Crippen MR) is 79.1 cm³/mol. The lowest BCUT2D eigenvalue weighted by molar-refractivity contribution is 0.0771. The lowest BCUT2D eigenvalue weighted by Gasteiger charge is -2.09. The molecule has 110 valence electrons. The third-order valence-corrected chi connectivity index (χ3v) is 3.20. The molecule has 1 aromatic heterocycles. The van der Waals surface area contributed by atoms with Gasteiger partial charge in [0.25, 0.3) is 0 Å². The van der Waals surface area contributed by atoms with Crippen LogP contribution in [0, 0.1) is 12.8 Å². The van der Waals surface area contributed by atoms with Crippen molar-refractivity contribution in [1.29, 1.82) is 0 Å². The quantitative estimate of drug-likeness (QED) is 0.733. The monoisotopic (exact) mass is 267 g/mol. The summed E-state index contributed by atoms with van der Waals surface area (Å²) in [7, 11) is 0. The Kier molecular flexibility index (Phi) is 7.17. The molecule has 1 aromatic rings. The van der Waals surface area contributed by atoms with Gasteiger partial charge in [-0.25, -0.2) is 0 Å². The minimum absolute atomic E-state index is 0.490. The maximum atomic E-state index is 5.72. The van der Waals surface area contributed by atoms with E-state index in [0.717, 1.165) is 24.7 Å². The molecular formula is C16H29NO2. The van der Waals surface area contributed by atoms with Gasteiger partial charge in [0.1, 0.15) is 18.1 Å². The maximum absolute atomic E-state index is 5.72. The van der Waals surface area contributed by atoms with Gasteiger partial charge in [-0.15, -0.1) is 0 Å². The van der Waals surface area contributed by atoms with Crippen molar-refractivity contribution in [3.63, 3.8) is 0 Å². The minimum Gasteiger partial charge on any atom is -0.464 e. The zero-order chi connectivity index (χ0) is 14.3. The highest BCUT2D eigenvalue weighted by Crippen LogP contribution is 2.16. The van der Waals surface area contributed by atoms with E-state index in [1.807, 2.05) is 6.92 Å². The lowest BCUT2D eigenvalue weighted by atomic mass is 10.1. The normalized spacial score (nSPS) is 13.2. The maximum Gasteiger partial charge on any atom is 0.130 e. The Morgan fingerprint density at radius 2 is 2.05 bits per heavy atom. The average molecular weight is 267 g/mol. The van der Waals surface area contributed by atoms with E-state index in [1.165, 1.54) is 18.4 Å². The second-order valence-corrected chi connectivity index (χ2v) is 5.74. The molecular weight excluding hydrogens is 238 g/mol. The van der Waals surface area contributed by atoms with Crippen LogP contribution in [-0.2, 0) is 17.9 Å². The van der Waals surface area contributed by atoms with Crippen molar-refractivity contribution in [3.8, 4) is 0 Å². The molecule has 1 heterocycles. The number of ether oxygens (including phenoxy) is 1. The number of furan rings is 1. The van der Waals surface area contributed by atoms with E-state index in [0.29, 0.717) is 18.6 Å². The molecule has 0 radical (unpaired) electrons. The van der Waals surface area contributed by atoms with Gasteiger partial charge in [-0.1, -0.05) is 34.1 Å². The molecule has 1 unspecified atom stereocenters. The molecule has 0 aliphatic heterocycles. The summed E-state index contributed by atoms with van der Waals surface area (Å²) in [5.41, 5.74) is 1.23. The van der Waals surface area contributed by atoms with Gasteiger partial charge in [0.05, 0.1) is 0 Å². The number of aryl methyl sites for hydroxylation is 1. The van der Waals surface area contributed by atoms with Gasteiger partial charge in [0, 0.05) is 24.8 Å². The molecule has 0 aliphatic rings. The number of hydrogen-bond donors (Lipinski definition) is 1. The Morgan fingerprint density at radius 1 is 1.32 bits per heavy atom. The van der Waals surface area contributed by atoms with Gasteiger partial charge in [-0.2, -0.15) is 0 Å². The number of hydrogen-bond acceptors (Lipinski definition) is 3.